The molecule has 1 rings (SSSR count). The molecule has 0 saturated heterocycles. The number of hydrogen-bond donors (Lipinski definition) is 2. The average Bonchev–Trinajstić information content (AvgIpc) is 2.32. The number of hydrogen-bond acceptors (Lipinski definition) is 3. The Hall–Kier alpha value is -1.95. The fourth-order valence-corrected chi connectivity index (χ4v) is 1.27. The lowest BCUT2D eigenvalue weighted by molar-refractivity contribution is -0.120. The van der Waals surface area contributed by atoms with Crippen LogP contribution in [0.3, 0.4) is 0 Å². The molecule has 0 aliphatic carbocycles. The first-order valence-electron chi connectivity index (χ1n) is 5.51. The molecule has 0 aliphatic rings. The summed E-state index contributed by atoms with van der Waals surface area (Å²) >= 11 is 0. The second-order valence-corrected chi connectivity index (χ2v) is 3.66. The number of carbonyl (C=O) groups is 2. The highest BCUT2D eigenvalue weighted by atomic mass is 19.1. The summed E-state index contributed by atoms with van der Waals surface area (Å²) in [6.45, 7) is 2.21. The van der Waals surface area contributed by atoms with Gasteiger partial charge in [0.1, 0.15) is 12.4 Å². The van der Waals surface area contributed by atoms with Crippen LogP contribution in [0.1, 0.15) is 23.7 Å². The number of nitrogens with two attached hydrogens (primary N) is 1. The maximum atomic E-state index is 13.4. The average molecular weight is 254 g/mol. The van der Waals surface area contributed by atoms with Gasteiger partial charge in [0.15, 0.2) is 0 Å². The van der Waals surface area contributed by atoms with Gasteiger partial charge in [-0.15, -0.1) is 0 Å². The van der Waals surface area contributed by atoms with Gasteiger partial charge >= 0.3 is 0 Å². The molecule has 0 radical (unpaired) electrons. The number of halogens is 1. The Bertz CT molecular complexity index is 449. The molecule has 0 spiro atoms. The van der Waals surface area contributed by atoms with E-state index in [1.807, 2.05) is 6.92 Å². The number of ether oxygens (including phenoxy) is 1. The molecule has 0 fully saturated rings. The number of nitrogens with one attached hydrogen (secondary N) is 1. The first-order chi connectivity index (χ1) is 8.54. The predicted octanol–water partition coefficient (Wildman–Crippen LogP) is 1.29. The van der Waals surface area contributed by atoms with Crippen molar-refractivity contribution in [2.75, 3.05) is 18.5 Å². The van der Waals surface area contributed by atoms with E-state index in [1.165, 1.54) is 12.1 Å². The Morgan fingerprint density at radius 2 is 2.17 bits per heavy atom. The molecule has 98 valence electrons. The molecule has 3 N–H and O–H groups in total. The smallest absolute Gasteiger partial charge is 0.250 e. The second-order valence-electron chi connectivity index (χ2n) is 3.66. The van der Waals surface area contributed by atoms with E-state index in [-0.39, 0.29) is 17.9 Å². The molecule has 1 aromatic carbocycles. The highest BCUT2D eigenvalue weighted by molar-refractivity contribution is 5.96. The summed E-state index contributed by atoms with van der Waals surface area (Å²) in [6.07, 6.45) is 0.790. The summed E-state index contributed by atoms with van der Waals surface area (Å²) in [7, 11) is 0. The largest absolute Gasteiger partial charge is 0.372 e. The van der Waals surface area contributed by atoms with Crippen LogP contribution in [0.4, 0.5) is 10.1 Å². The van der Waals surface area contributed by atoms with E-state index in [1.54, 1.807) is 0 Å². The van der Waals surface area contributed by atoms with Gasteiger partial charge in [0.25, 0.3) is 0 Å². The fourth-order valence-electron chi connectivity index (χ4n) is 1.27. The maximum absolute atomic E-state index is 13.4. The van der Waals surface area contributed by atoms with Crippen molar-refractivity contribution in [3.63, 3.8) is 0 Å². The minimum absolute atomic E-state index is 0.0867. The van der Waals surface area contributed by atoms with E-state index in [9.17, 15) is 14.0 Å². The molecule has 0 bridgehead atoms. The zero-order valence-electron chi connectivity index (χ0n) is 10.0. The third kappa shape index (κ3) is 4.14. The summed E-state index contributed by atoms with van der Waals surface area (Å²) < 4.78 is 18.4. The maximum Gasteiger partial charge on any atom is 0.250 e. The van der Waals surface area contributed by atoms with Gasteiger partial charge in [-0.1, -0.05) is 6.92 Å². The monoisotopic (exact) mass is 254 g/mol. The van der Waals surface area contributed by atoms with E-state index in [4.69, 9.17) is 10.5 Å². The Morgan fingerprint density at radius 1 is 1.44 bits per heavy atom. The molecule has 1 aromatic rings. The summed E-state index contributed by atoms with van der Waals surface area (Å²) in [4.78, 5) is 22.3. The molecule has 2 amide bonds. The van der Waals surface area contributed by atoms with Crippen LogP contribution in [0, 0.1) is 5.82 Å². The van der Waals surface area contributed by atoms with Gasteiger partial charge in [0, 0.05) is 12.2 Å². The first kappa shape index (κ1) is 14.1. The molecule has 5 nitrogen and oxygen atoms in total. The van der Waals surface area contributed by atoms with Gasteiger partial charge in [0.05, 0.1) is 5.69 Å². The van der Waals surface area contributed by atoms with Crippen molar-refractivity contribution in [1.29, 1.82) is 0 Å². The van der Waals surface area contributed by atoms with E-state index in [0.717, 1.165) is 12.5 Å². The van der Waals surface area contributed by atoms with Gasteiger partial charge < -0.3 is 15.8 Å². The van der Waals surface area contributed by atoms with Crippen molar-refractivity contribution in [3.05, 3.63) is 29.6 Å². The number of carbonyl (C=O) groups excluding carboxylic acids is 2. The summed E-state index contributed by atoms with van der Waals surface area (Å²) in [5, 5.41) is 2.32. The van der Waals surface area contributed by atoms with Crippen molar-refractivity contribution in [2.45, 2.75) is 13.3 Å². The zero-order valence-corrected chi connectivity index (χ0v) is 10.0. The zero-order chi connectivity index (χ0) is 13.5. The lowest BCUT2D eigenvalue weighted by atomic mass is 10.2. The van der Waals surface area contributed by atoms with E-state index >= 15 is 0 Å². The van der Waals surface area contributed by atoms with Gasteiger partial charge in [-0.25, -0.2) is 4.39 Å². The number of rotatable bonds is 6. The summed E-state index contributed by atoms with van der Waals surface area (Å²) in [5.74, 6) is -1.81. The predicted molar refractivity (Wildman–Crippen MR) is 64.7 cm³/mol. The fraction of sp³-hybridized carbons (Fsp3) is 0.333. The molecule has 0 aliphatic heterocycles. The van der Waals surface area contributed by atoms with Crippen LogP contribution < -0.4 is 11.1 Å². The quantitative estimate of drug-likeness (QED) is 0.750. The van der Waals surface area contributed by atoms with Crippen molar-refractivity contribution in [2.24, 2.45) is 5.73 Å². The van der Waals surface area contributed by atoms with Crippen molar-refractivity contribution < 1.29 is 18.7 Å². The molecule has 0 saturated carbocycles. The molecule has 0 aromatic heterocycles. The van der Waals surface area contributed by atoms with Gasteiger partial charge in [-0.05, 0) is 24.6 Å². The molecule has 0 unspecified atom stereocenters. The van der Waals surface area contributed by atoms with Crippen LogP contribution in [0.2, 0.25) is 0 Å². The van der Waals surface area contributed by atoms with Crippen LogP contribution in [0.25, 0.3) is 0 Å². The lowest BCUT2D eigenvalue weighted by Crippen LogP contribution is -2.20. The standard InChI is InChI=1S/C12H15FN2O3/c1-2-5-18-7-11(16)15-10-6-8(12(14)17)3-4-9(10)13/h3-4,6H,2,5,7H2,1H3,(H2,14,17)(H,15,16). The number of amides is 2. The van der Waals surface area contributed by atoms with Crippen LogP contribution in [0.15, 0.2) is 18.2 Å². The number of anilines is 1. The Morgan fingerprint density at radius 3 is 2.78 bits per heavy atom. The summed E-state index contributed by atoms with van der Waals surface area (Å²) in [5.41, 5.74) is 5.10. The minimum Gasteiger partial charge on any atom is -0.372 e. The SMILES string of the molecule is CCCOCC(=O)Nc1cc(C(N)=O)ccc1F. The summed E-state index contributed by atoms with van der Waals surface area (Å²) in [6, 6.07) is 3.51. The van der Waals surface area contributed by atoms with Crippen LogP contribution in [-0.2, 0) is 9.53 Å². The normalized spacial score (nSPS) is 10.1. The van der Waals surface area contributed by atoms with Gasteiger partial charge in [-0.2, -0.15) is 0 Å². The third-order valence-corrected chi connectivity index (χ3v) is 2.11. The van der Waals surface area contributed by atoms with Crippen molar-refractivity contribution in [1.82, 2.24) is 0 Å². The number of benzene rings is 1. The van der Waals surface area contributed by atoms with Crippen molar-refractivity contribution >= 4 is 17.5 Å². The first-order valence-corrected chi connectivity index (χ1v) is 5.51. The topological polar surface area (TPSA) is 81.4 Å². The second kappa shape index (κ2) is 6.70. The van der Waals surface area contributed by atoms with Crippen LogP contribution in [-0.4, -0.2) is 25.0 Å². The van der Waals surface area contributed by atoms with E-state index in [2.05, 4.69) is 5.32 Å². The van der Waals surface area contributed by atoms with Gasteiger partial charge in [0.2, 0.25) is 11.8 Å². The molecule has 0 atom stereocenters. The minimum atomic E-state index is -0.687. The number of primary amides is 1. The molecular formula is C12H15FN2O3. The third-order valence-electron chi connectivity index (χ3n) is 2.11. The van der Waals surface area contributed by atoms with Crippen molar-refractivity contribution in [3.8, 4) is 0 Å². The van der Waals surface area contributed by atoms with E-state index < -0.39 is 17.6 Å². The molecular weight excluding hydrogens is 239 g/mol. The molecule has 18 heavy (non-hydrogen) atoms. The van der Waals surface area contributed by atoms with Crippen LogP contribution in [0.5, 0.6) is 0 Å². The van der Waals surface area contributed by atoms with E-state index in [0.29, 0.717) is 6.61 Å². The van der Waals surface area contributed by atoms with Crippen LogP contribution >= 0.6 is 0 Å². The highest BCUT2D eigenvalue weighted by Crippen LogP contribution is 2.15. The Labute approximate surface area is 104 Å². The highest BCUT2D eigenvalue weighted by Gasteiger charge is 2.10. The molecule has 6 heteroatoms. The van der Waals surface area contributed by atoms with Gasteiger partial charge in [-0.3, -0.25) is 9.59 Å². The lowest BCUT2D eigenvalue weighted by Gasteiger charge is -2.07. The Kier molecular flexibility index (Phi) is 5.26. The molecule has 0 heterocycles. The Balaban J connectivity index is 2.68.